The molecule has 2 aliphatic rings. The maximum atomic E-state index is 12.2. The fraction of sp³-hybridized carbons (Fsp3) is 0.533. The second-order valence-corrected chi connectivity index (χ2v) is 7.89. The predicted molar refractivity (Wildman–Crippen MR) is 83.6 cm³/mol. The quantitative estimate of drug-likeness (QED) is 0.906. The number of hydrogen-bond acceptors (Lipinski definition) is 4. The summed E-state index contributed by atoms with van der Waals surface area (Å²) in [7, 11) is -3.42. The molecule has 1 atom stereocenters. The number of aryl methyl sites for hydroxylation is 1. The van der Waals surface area contributed by atoms with Gasteiger partial charge in [0.2, 0.25) is 10.0 Å². The molecule has 120 valence electrons. The maximum absolute atomic E-state index is 12.2. The standard InChI is InChI=1S/C15H20N2O4S/c1-10-3-6-13-12(9-10)17(22(2,19)20)8-7-14(21-13)15(18)16-11-4-5-11/h3,6,9,11,14H,4-5,7-8H2,1-2H3,(H,16,18). The zero-order valence-corrected chi connectivity index (χ0v) is 13.5. The second-order valence-electron chi connectivity index (χ2n) is 5.98. The van der Waals surface area contributed by atoms with Crippen molar-refractivity contribution in [3.63, 3.8) is 0 Å². The summed E-state index contributed by atoms with van der Waals surface area (Å²) in [5, 5.41) is 2.92. The second kappa shape index (κ2) is 5.46. The lowest BCUT2D eigenvalue weighted by molar-refractivity contribution is -0.128. The Balaban J connectivity index is 1.91. The average molecular weight is 324 g/mol. The number of ether oxygens (including phenoxy) is 1. The van der Waals surface area contributed by atoms with E-state index < -0.39 is 16.1 Å². The van der Waals surface area contributed by atoms with Crippen molar-refractivity contribution in [1.82, 2.24) is 5.32 Å². The average Bonchev–Trinajstić information content (AvgIpc) is 3.22. The van der Waals surface area contributed by atoms with Gasteiger partial charge in [0.1, 0.15) is 5.75 Å². The number of nitrogens with one attached hydrogen (secondary N) is 1. The van der Waals surface area contributed by atoms with E-state index in [1.54, 1.807) is 12.1 Å². The zero-order chi connectivity index (χ0) is 15.9. The molecule has 1 saturated carbocycles. The van der Waals surface area contributed by atoms with Gasteiger partial charge in [-0.3, -0.25) is 9.10 Å². The Morgan fingerprint density at radius 1 is 1.32 bits per heavy atom. The van der Waals surface area contributed by atoms with E-state index in [1.807, 2.05) is 13.0 Å². The summed E-state index contributed by atoms with van der Waals surface area (Å²) in [6, 6.07) is 5.60. The van der Waals surface area contributed by atoms with E-state index in [9.17, 15) is 13.2 Å². The molecule has 1 aromatic rings. The van der Waals surface area contributed by atoms with Gasteiger partial charge in [0, 0.05) is 19.0 Å². The molecule has 0 radical (unpaired) electrons. The summed E-state index contributed by atoms with van der Waals surface area (Å²) in [6.45, 7) is 2.13. The molecule has 0 spiro atoms. The monoisotopic (exact) mass is 324 g/mol. The minimum absolute atomic E-state index is 0.163. The van der Waals surface area contributed by atoms with Gasteiger partial charge in [0.05, 0.1) is 11.9 Å². The lowest BCUT2D eigenvalue weighted by atomic mass is 10.2. The lowest BCUT2D eigenvalue weighted by Gasteiger charge is -2.21. The first-order valence-corrected chi connectivity index (χ1v) is 9.25. The molecule has 0 bridgehead atoms. The van der Waals surface area contributed by atoms with Crippen molar-refractivity contribution in [3.8, 4) is 5.75 Å². The number of rotatable bonds is 3. The van der Waals surface area contributed by atoms with E-state index in [4.69, 9.17) is 4.74 Å². The number of anilines is 1. The number of nitrogens with zero attached hydrogens (tertiary/aromatic N) is 1. The zero-order valence-electron chi connectivity index (χ0n) is 12.7. The molecule has 1 aliphatic carbocycles. The van der Waals surface area contributed by atoms with Crippen LogP contribution in [-0.4, -0.2) is 39.3 Å². The van der Waals surface area contributed by atoms with E-state index in [0.717, 1.165) is 18.4 Å². The normalized spacial score (nSPS) is 21.5. The van der Waals surface area contributed by atoms with Gasteiger partial charge in [-0.25, -0.2) is 8.42 Å². The molecule has 1 unspecified atom stereocenters. The third kappa shape index (κ3) is 3.19. The van der Waals surface area contributed by atoms with Crippen molar-refractivity contribution in [2.45, 2.75) is 38.3 Å². The first-order valence-electron chi connectivity index (χ1n) is 7.40. The van der Waals surface area contributed by atoms with E-state index in [0.29, 0.717) is 17.9 Å². The highest BCUT2D eigenvalue weighted by molar-refractivity contribution is 7.92. The highest BCUT2D eigenvalue weighted by Crippen LogP contribution is 2.35. The van der Waals surface area contributed by atoms with Crippen molar-refractivity contribution in [2.75, 3.05) is 17.1 Å². The van der Waals surface area contributed by atoms with Crippen LogP contribution in [0.4, 0.5) is 5.69 Å². The summed E-state index contributed by atoms with van der Waals surface area (Å²) in [6.07, 6.45) is 2.85. The molecule has 1 N–H and O–H groups in total. The van der Waals surface area contributed by atoms with Crippen LogP contribution in [-0.2, 0) is 14.8 Å². The summed E-state index contributed by atoms with van der Waals surface area (Å²) >= 11 is 0. The van der Waals surface area contributed by atoms with Crippen LogP contribution in [0.2, 0.25) is 0 Å². The van der Waals surface area contributed by atoms with Crippen molar-refractivity contribution in [1.29, 1.82) is 0 Å². The molecule has 7 heteroatoms. The molecule has 1 fully saturated rings. The van der Waals surface area contributed by atoms with Crippen LogP contribution in [0, 0.1) is 6.92 Å². The number of benzene rings is 1. The van der Waals surface area contributed by atoms with E-state index in [2.05, 4.69) is 5.32 Å². The Morgan fingerprint density at radius 2 is 2.05 bits per heavy atom. The Bertz CT molecular complexity index is 697. The summed E-state index contributed by atoms with van der Waals surface area (Å²) in [5.74, 6) is 0.272. The van der Waals surface area contributed by atoms with Gasteiger partial charge < -0.3 is 10.1 Å². The van der Waals surface area contributed by atoms with Crippen molar-refractivity contribution < 1.29 is 17.9 Å². The minimum atomic E-state index is -3.42. The molecule has 0 aromatic heterocycles. The topological polar surface area (TPSA) is 75.7 Å². The van der Waals surface area contributed by atoms with Crippen molar-refractivity contribution >= 4 is 21.6 Å². The van der Waals surface area contributed by atoms with Crippen LogP contribution in [0.3, 0.4) is 0 Å². The first kappa shape index (κ1) is 15.1. The minimum Gasteiger partial charge on any atom is -0.478 e. The summed E-state index contributed by atoms with van der Waals surface area (Å²) in [4.78, 5) is 12.2. The number of carbonyl (C=O) groups is 1. The third-order valence-corrected chi connectivity index (χ3v) is 5.04. The van der Waals surface area contributed by atoms with Gasteiger partial charge in [-0.2, -0.15) is 0 Å². The smallest absolute Gasteiger partial charge is 0.261 e. The Kier molecular flexibility index (Phi) is 3.76. The van der Waals surface area contributed by atoms with Gasteiger partial charge in [0.15, 0.2) is 6.10 Å². The van der Waals surface area contributed by atoms with E-state index in [1.165, 1.54) is 10.6 Å². The number of sulfonamides is 1. The van der Waals surface area contributed by atoms with Crippen LogP contribution in [0.25, 0.3) is 0 Å². The Labute approximate surface area is 130 Å². The predicted octanol–water partition coefficient (Wildman–Crippen LogP) is 1.19. The molecule has 6 nitrogen and oxygen atoms in total. The highest BCUT2D eigenvalue weighted by Gasteiger charge is 2.33. The van der Waals surface area contributed by atoms with Crippen LogP contribution >= 0.6 is 0 Å². The molecular formula is C15H20N2O4S. The molecule has 22 heavy (non-hydrogen) atoms. The summed E-state index contributed by atoms with van der Waals surface area (Å²) in [5.41, 5.74) is 1.45. The Hall–Kier alpha value is -1.76. The fourth-order valence-electron chi connectivity index (χ4n) is 2.54. The fourth-order valence-corrected chi connectivity index (χ4v) is 3.48. The molecule has 3 rings (SSSR count). The van der Waals surface area contributed by atoms with Gasteiger partial charge in [-0.1, -0.05) is 6.07 Å². The Morgan fingerprint density at radius 3 is 2.68 bits per heavy atom. The van der Waals surface area contributed by atoms with E-state index in [-0.39, 0.29) is 18.5 Å². The molecule has 1 aromatic carbocycles. The summed E-state index contributed by atoms with van der Waals surface area (Å²) < 4.78 is 31.2. The third-order valence-electron chi connectivity index (χ3n) is 3.86. The molecule has 1 amide bonds. The molecule has 1 aliphatic heterocycles. The van der Waals surface area contributed by atoms with Crippen LogP contribution in [0.5, 0.6) is 5.75 Å². The number of fused-ring (bicyclic) bond motifs is 1. The van der Waals surface area contributed by atoms with Gasteiger partial charge in [0.25, 0.3) is 5.91 Å². The first-order chi connectivity index (χ1) is 10.3. The lowest BCUT2D eigenvalue weighted by Crippen LogP contribution is -2.40. The van der Waals surface area contributed by atoms with Crippen LogP contribution < -0.4 is 14.4 Å². The van der Waals surface area contributed by atoms with Crippen LogP contribution in [0.15, 0.2) is 18.2 Å². The van der Waals surface area contributed by atoms with Gasteiger partial charge in [-0.05, 0) is 37.5 Å². The van der Waals surface area contributed by atoms with E-state index >= 15 is 0 Å². The number of hydrogen-bond donors (Lipinski definition) is 1. The van der Waals surface area contributed by atoms with Crippen molar-refractivity contribution in [2.24, 2.45) is 0 Å². The maximum Gasteiger partial charge on any atom is 0.261 e. The largest absolute Gasteiger partial charge is 0.478 e. The van der Waals surface area contributed by atoms with Gasteiger partial charge in [-0.15, -0.1) is 0 Å². The van der Waals surface area contributed by atoms with Gasteiger partial charge >= 0.3 is 0 Å². The highest BCUT2D eigenvalue weighted by atomic mass is 32.2. The molecular weight excluding hydrogens is 304 g/mol. The SMILES string of the molecule is Cc1ccc2c(c1)N(S(C)(=O)=O)CCC(C(=O)NC1CC1)O2. The van der Waals surface area contributed by atoms with Crippen LogP contribution in [0.1, 0.15) is 24.8 Å². The number of carbonyl (C=O) groups excluding carboxylic acids is 1. The molecule has 0 saturated heterocycles. The molecule has 1 heterocycles. The number of amides is 1. The van der Waals surface area contributed by atoms with Crippen molar-refractivity contribution in [3.05, 3.63) is 23.8 Å².